The van der Waals surface area contributed by atoms with Crippen molar-refractivity contribution in [2.75, 3.05) is 19.7 Å². The minimum atomic E-state index is -1.02. The van der Waals surface area contributed by atoms with Crippen LogP contribution < -0.4 is 10.1 Å². The molecule has 1 aliphatic rings. The molecule has 30 heavy (non-hydrogen) atoms. The molecule has 2 aromatic carbocycles. The van der Waals surface area contributed by atoms with Crippen molar-refractivity contribution in [3.63, 3.8) is 0 Å². The zero-order chi connectivity index (χ0) is 21.3. The Morgan fingerprint density at radius 1 is 1.03 bits per heavy atom. The molecule has 0 radical (unpaired) electrons. The summed E-state index contributed by atoms with van der Waals surface area (Å²) in [7, 11) is 0. The molecular weight excluding hydrogens is 384 g/mol. The number of carbonyl (C=O) groups is 3. The monoisotopic (exact) mass is 410 g/mol. The molecule has 2 aromatic rings. The zero-order valence-electron chi connectivity index (χ0n) is 16.7. The molecule has 1 heterocycles. The fourth-order valence-corrected chi connectivity index (χ4v) is 3.62. The average Bonchev–Trinajstić information content (AvgIpc) is 3.22. The molecule has 1 aliphatic heterocycles. The van der Waals surface area contributed by atoms with Gasteiger partial charge < -0.3 is 20.1 Å². The van der Waals surface area contributed by atoms with E-state index in [1.54, 1.807) is 0 Å². The second-order valence-corrected chi connectivity index (χ2v) is 7.29. The highest BCUT2D eigenvalue weighted by Crippen LogP contribution is 2.31. The Balaban J connectivity index is 1.43. The van der Waals surface area contributed by atoms with E-state index in [1.165, 1.54) is 4.90 Å². The normalized spacial score (nSPS) is 18.1. The number of nitrogens with one attached hydrogen (secondary N) is 1. The molecule has 0 aromatic heterocycles. The SMILES string of the molecule is O=C(CCCOc1ccccc1)NCC(=O)N1CC(c2ccccc2)CC1C(=O)O. The van der Waals surface area contributed by atoms with Crippen LogP contribution in [0.1, 0.15) is 30.7 Å². The Morgan fingerprint density at radius 2 is 1.70 bits per heavy atom. The van der Waals surface area contributed by atoms with Gasteiger partial charge in [-0.1, -0.05) is 48.5 Å². The highest BCUT2D eigenvalue weighted by Gasteiger charge is 2.39. The smallest absolute Gasteiger partial charge is 0.326 e. The molecule has 2 atom stereocenters. The van der Waals surface area contributed by atoms with Crippen LogP contribution in [0.25, 0.3) is 0 Å². The predicted molar refractivity (Wildman–Crippen MR) is 111 cm³/mol. The highest BCUT2D eigenvalue weighted by atomic mass is 16.5. The van der Waals surface area contributed by atoms with Crippen LogP contribution in [0.2, 0.25) is 0 Å². The van der Waals surface area contributed by atoms with Crippen molar-refractivity contribution in [3.05, 3.63) is 66.2 Å². The Morgan fingerprint density at radius 3 is 2.37 bits per heavy atom. The van der Waals surface area contributed by atoms with Crippen LogP contribution >= 0.6 is 0 Å². The van der Waals surface area contributed by atoms with Gasteiger partial charge in [-0.2, -0.15) is 0 Å². The van der Waals surface area contributed by atoms with Gasteiger partial charge in [-0.15, -0.1) is 0 Å². The predicted octanol–water partition coefficient (Wildman–Crippen LogP) is 2.43. The van der Waals surface area contributed by atoms with Gasteiger partial charge in [0.25, 0.3) is 0 Å². The van der Waals surface area contributed by atoms with Gasteiger partial charge in [-0.25, -0.2) is 4.79 Å². The number of aliphatic carboxylic acids is 1. The van der Waals surface area contributed by atoms with Crippen LogP contribution in [-0.4, -0.2) is 53.5 Å². The number of rotatable bonds is 9. The Bertz CT molecular complexity index is 856. The Labute approximate surface area is 175 Å². The maximum atomic E-state index is 12.6. The number of amides is 2. The van der Waals surface area contributed by atoms with Crippen molar-refractivity contribution in [2.45, 2.75) is 31.2 Å². The van der Waals surface area contributed by atoms with Gasteiger partial charge in [-0.05, 0) is 30.5 Å². The van der Waals surface area contributed by atoms with E-state index >= 15 is 0 Å². The largest absolute Gasteiger partial charge is 0.494 e. The summed E-state index contributed by atoms with van der Waals surface area (Å²) >= 11 is 0. The van der Waals surface area contributed by atoms with Crippen LogP contribution in [-0.2, 0) is 14.4 Å². The summed E-state index contributed by atoms with van der Waals surface area (Å²) in [5.41, 5.74) is 1.02. The molecule has 1 fully saturated rings. The number of carbonyl (C=O) groups excluding carboxylic acids is 2. The summed E-state index contributed by atoms with van der Waals surface area (Å²) in [4.78, 5) is 37.6. The lowest BCUT2D eigenvalue weighted by Crippen LogP contribution is -2.45. The maximum absolute atomic E-state index is 12.6. The number of likely N-dealkylation sites (tertiary alicyclic amines) is 1. The standard InChI is InChI=1S/C23H26N2O5/c26-21(12-7-13-30-19-10-5-2-6-11-19)24-15-22(27)25-16-18(14-20(25)23(28)29)17-8-3-1-4-9-17/h1-6,8-11,18,20H,7,12-16H2,(H,24,26)(H,28,29). The molecule has 2 N–H and O–H groups in total. The number of nitrogens with zero attached hydrogens (tertiary/aromatic N) is 1. The zero-order valence-corrected chi connectivity index (χ0v) is 16.7. The second kappa shape index (κ2) is 10.4. The third-order valence-electron chi connectivity index (χ3n) is 5.17. The Hall–Kier alpha value is -3.35. The van der Waals surface area contributed by atoms with Gasteiger partial charge in [0.15, 0.2) is 0 Å². The molecule has 1 saturated heterocycles. The average molecular weight is 410 g/mol. The molecule has 3 rings (SSSR count). The number of carboxylic acid groups (broad SMARTS) is 1. The maximum Gasteiger partial charge on any atom is 0.326 e. The van der Waals surface area contributed by atoms with Gasteiger partial charge in [0.2, 0.25) is 11.8 Å². The van der Waals surface area contributed by atoms with Gasteiger partial charge in [0, 0.05) is 18.9 Å². The second-order valence-electron chi connectivity index (χ2n) is 7.29. The molecule has 158 valence electrons. The topological polar surface area (TPSA) is 95.9 Å². The molecule has 7 heteroatoms. The number of hydrogen-bond acceptors (Lipinski definition) is 4. The first-order valence-electron chi connectivity index (χ1n) is 10.1. The molecule has 2 unspecified atom stereocenters. The van der Waals surface area contributed by atoms with Crippen LogP contribution in [0.4, 0.5) is 0 Å². The lowest BCUT2D eigenvalue weighted by molar-refractivity contribution is -0.148. The van der Waals surface area contributed by atoms with Crippen molar-refractivity contribution in [2.24, 2.45) is 0 Å². The van der Waals surface area contributed by atoms with Crippen molar-refractivity contribution in [1.29, 1.82) is 0 Å². The van der Waals surface area contributed by atoms with E-state index in [1.807, 2.05) is 60.7 Å². The van der Waals surface area contributed by atoms with Gasteiger partial charge in [0.05, 0.1) is 13.2 Å². The third kappa shape index (κ3) is 5.83. The van der Waals surface area contributed by atoms with E-state index in [4.69, 9.17) is 4.74 Å². The first-order chi connectivity index (χ1) is 14.5. The van der Waals surface area contributed by atoms with E-state index < -0.39 is 12.0 Å². The highest BCUT2D eigenvalue weighted by molar-refractivity contribution is 5.88. The summed E-state index contributed by atoms with van der Waals surface area (Å²) in [6, 6.07) is 18.0. The summed E-state index contributed by atoms with van der Waals surface area (Å²) in [5, 5.41) is 12.1. The van der Waals surface area contributed by atoms with Crippen molar-refractivity contribution >= 4 is 17.8 Å². The quantitative estimate of drug-likeness (QED) is 0.619. The van der Waals surface area contributed by atoms with E-state index in [2.05, 4.69) is 5.32 Å². The van der Waals surface area contributed by atoms with Crippen molar-refractivity contribution in [3.8, 4) is 5.75 Å². The molecule has 0 spiro atoms. The summed E-state index contributed by atoms with van der Waals surface area (Å²) in [5.74, 6) is -0.941. The number of carboxylic acids is 1. The molecule has 7 nitrogen and oxygen atoms in total. The first kappa shape index (κ1) is 21.4. The molecule has 0 saturated carbocycles. The summed E-state index contributed by atoms with van der Waals surface area (Å²) in [6.07, 6.45) is 1.12. The van der Waals surface area contributed by atoms with Crippen LogP contribution in [0, 0.1) is 0 Å². The van der Waals surface area contributed by atoms with E-state index in [0.717, 1.165) is 11.3 Å². The minimum Gasteiger partial charge on any atom is -0.494 e. The van der Waals surface area contributed by atoms with Crippen LogP contribution in [0.5, 0.6) is 5.75 Å². The minimum absolute atomic E-state index is 0.0258. The van der Waals surface area contributed by atoms with Crippen LogP contribution in [0.15, 0.2) is 60.7 Å². The first-order valence-corrected chi connectivity index (χ1v) is 10.1. The molecular formula is C23H26N2O5. The van der Waals surface area contributed by atoms with E-state index in [0.29, 0.717) is 26.0 Å². The lowest BCUT2D eigenvalue weighted by Gasteiger charge is -2.21. The summed E-state index contributed by atoms with van der Waals surface area (Å²) < 4.78 is 5.54. The Kier molecular flexibility index (Phi) is 7.43. The van der Waals surface area contributed by atoms with E-state index in [9.17, 15) is 19.5 Å². The number of benzene rings is 2. The van der Waals surface area contributed by atoms with Crippen molar-refractivity contribution in [1.82, 2.24) is 10.2 Å². The van der Waals surface area contributed by atoms with Gasteiger partial charge in [-0.3, -0.25) is 9.59 Å². The van der Waals surface area contributed by atoms with Gasteiger partial charge in [0.1, 0.15) is 11.8 Å². The van der Waals surface area contributed by atoms with Crippen molar-refractivity contribution < 1.29 is 24.2 Å². The molecule has 0 bridgehead atoms. The van der Waals surface area contributed by atoms with Crippen LogP contribution in [0.3, 0.4) is 0 Å². The molecule has 0 aliphatic carbocycles. The number of hydrogen-bond donors (Lipinski definition) is 2. The fourth-order valence-electron chi connectivity index (χ4n) is 3.62. The van der Waals surface area contributed by atoms with E-state index in [-0.39, 0.29) is 30.7 Å². The number of para-hydroxylation sites is 1. The third-order valence-corrected chi connectivity index (χ3v) is 5.17. The molecule has 2 amide bonds. The lowest BCUT2D eigenvalue weighted by atomic mass is 9.96. The summed E-state index contributed by atoms with van der Waals surface area (Å²) in [6.45, 7) is 0.529. The van der Waals surface area contributed by atoms with Gasteiger partial charge >= 0.3 is 5.97 Å². The number of ether oxygens (including phenoxy) is 1. The fraction of sp³-hybridized carbons (Fsp3) is 0.348.